The van der Waals surface area contributed by atoms with Gasteiger partial charge < -0.3 is 19.9 Å². The van der Waals surface area contributed by atoms with Crippen molar-refractivity contribution in [2.24, 2.45) is 11.8 Å². The van der Waals surface area contributed by atoms with Crippen molar-refractivity contribution >= 4 is 90.2 Å². The molecule has 0 radical (unpaired) electrons. The number of ether oxygens (including phenoxy) is 1. The highest BCUT2D eigenvalue weighted by molar-refractivity contribution is 7.22. The van der Waals surface area contributed by atoms with Gasteiger partial charge in [-0.25, -0.2) is 18.7 Å². The topological polar surface area (TPSA) is 98.1 Å². The van der Waals surface area contributed by atoms with Gasteiger partial charge in [0.25, 0.3) is 0 Å². The molecule has 7 aromatic rings. The molecule has 0 aliphatic heterocycles. The van der Waals surface area contributed by atoms with E-state index in [1.54, 1.807) is 0 Å². The fourth-order valence-corrected chi connectivity index (χ4v) is 10.2. The van der Waals surface area contributed by atoms with Crippen LogP contribution in [-0.4, -0.2) is 53.4 Å². The second-order valence-electron chi connectivity index (χ2n) is 17.4. The second kappa shape index (κ2) is 16.1. The van der Waals surface area contributed by atoms with Crippen molar-refractivity contribution in [3.63, 3.8) is 0 Å². The molecule has 308 valence electrons. The molecule has 0 bridgehead atoms. The van der Waals surface area contributed by atoms with Crippen molar-refractivity contribution in [1.82, 2.24) is 14.5 Å². The Bertz CT molecular complexity index is 2840. The second-order valence-corrected chi connectivity index (χ2v) is 25.0. The van der Waals surface area contributed by atoms with Crippen molar-refractivity contribution < 1.29 is 23.1 Å². The van der Waals surface area contributed by atoms with Crippen LogP contribution in [0.15, 0.2) is 79.0 Å². The van der Waals surface area contributed by atoms with Crippen LogP contribution in [-0.2, 0) is 27.5 Å². The van der Waals surface area contributed by atoms with E-state index >= 15 is 0 Å². The van der Waals surface area contributed by atoms with Gasteiger partial charge in [-0.15, -0.1) is 0 Å². The molecule has 0 spiro atoms. The maximum absolute atomic E-state index is 13.2. The van der Waals surface area contributed by atoms with E-state index < -0.39 is 32.3 Å². The molecule has 2 amide bonds. The lowest BCUT2D eigenvalue weighted by Gasteiger charge is -2.16. The third kappa shape index (κ3) is 8.45. The Hall–Kier alpha value is -5.08. The summed E-state index contributed by atoms with van der Waals surface area (Å²) in [6, 6.07) is 24.4. The maximum Gasteiger partial charge on any atom is 0.232 e. The van der Waals surface area contributed by atoms with E-state index in [4.69, 9.17) is 4.74 Å². The minimum Gasteiger partial charge on any atom is -0.361 e. The summed E-state index contributed by atoms with van der Waals surface area (Å²) in [6.07, 6.45) is 6.09. The predicted molar refractivity (Wildman–Crippen MR) is 245 cm³/mol. The molecule has 0 saturated heterocycles. The molecule has 13 heteroatoms. The number of hydrogen-bond acceptors (Lipinski definition) is 7. The summed E-state index contributed by atoms with van der Waals surface area (Å²) in [7, 11) is -1.11. The first-order valence-corrected chi connectivity index (χ1v) is 25.8. The Kier molecular flexibility index (Phi) is 10.8. The number of carbonyl (C=O) groups is 2. The van der Waals surface area contributed by atoms with Crippen molar-refractivity contribution in [2.75, 3.05) is 17.2 Å². The minimum absolute atomic E-state index is 0.265. The summed E-state index contributed by atoms with van der Waals surface area (Å²) in [4.78, 5) is 33.2. The van der Waals surface area contributed by atoms with E-state index in [-0.39, 0.29) is 11.8 Å². The Morgan fingerprint density at radius 2 is 1.37 bits per heavy atom. The number of halogens is 2. The summed E-state index contributed by atoms with van der Waals surface area (Å²) in [5, 5.41) is 7.77. The SMILES string of the molecule is Cc1ccc2c(c1-c1ccc3sc(NC(=O)[C@@H]4C[C@@H]4F)nc3c1)C=CC2.Cc1ccc2c(ccn2COCC[Si](C)(C)C)c1-c1ccc2sc(NC(=O)[C@@H]3C[C@@H]3F)nc2c1. The lowest BCUT2D eigenvalue weighted by atomic mass is 9.93. The summed E-state index contributed by atoms with van der Waals surface area (Å²) >= 11 is 2.84. The van der Waals surface area contributed by atoms with Gasteiger partial charge in [0, 0.05) is 26.3 Å². The third-order valence-corrected chi connectivity index (χ3v) is 15.1. The van der Waals surface area contributed by atoms with Crippen molar-refractivity contribution in [3.05, 3.63) is 101 Å². The van der Waals surface area contributed by atoms with Crippen LogP contribution in [0.4, 0.5) is 19.0 Å². The number of benzene rings is 4. The molecule has 60 heavy (non-hydrogen) atoms. The molecular weight excluding hydrogens is 813 g/mol. The van der Waals surface area contributed by atoms with Crippen molar-refractivity contribution in [1.29, 1.82) is 0 Å². The number of aromatic nitrogens is 3. The molecule has 3 aliphatic carbocycles. The zero-order chi connectivity index (χ0) is 41.9. The van der Waals surface area contributed by atoms with Crippen LogP contribution < -0.4 is 10.6 Å². The largest absolute Gasteiger partial charge is 0.361 e. The number of nitrogens with zero attached hydrogens (tertiary/aromatic N) is 3. The van der Waals surface area contributed by atoms with E-state index in [1.165, 1.54) is 61.4 Å². The van der Waals surface area contributed by atoms with Gasteiger partial charge in [-0.2, -0.15) is 0 Å². The normalized spacial score (nSPS) is 19.1. The van der Waals surface area contributed by atoms with E-state index in [2.05, 4.69) is 132 Å². The summed E-state index contributed by atoms with van der Waals surface area (Å²) in [5.74, 6) is -1.57. The van der Waals surface area contributed by atoms with E-state index in [9.17, 15) is 18.4 Å². The number of alkyl halides is 2. The molecule has 2 N–H and O–H groups in total. The standard InChI is InChI=1S/C26H30FN3O2SSi.C21H17FN2OS/c1-16-5-7-22-18(9-10-30(22)15-32-11-12-34(2,3)4)24(16)17-6-8-23-21(13-17)28-26(33-23)29-25(31)19-14-20(19)27;1-11-5-6-12-3-2-4-14(12)19(11)13-7-8-18-17(9-13)23-21(26-18)24-20(25)15-10-16(15)22/h5-10,13,19-20H,11-12,14-15H2,1-4H3,(H,28,29,31);2,4-9,15-16H,3,10H2,1H3,(H,23,24,25)/t19-,20+;15-,16+/m11/s1. The van der Waals surface area contributed by atoms with Crippen LogP contribution >= 0.6 is 22.7 Å². The first kappa shape index (κ1) is 40.3. The summed E-state index contributed by atoms with van der Waals surface area (Å²) < 4.78 is 36.4. The fourth-order valence-electron chi connectivity index (χ4n) is 7.79. The monoisotopic (exact) mass is 859 g/mol. The Morgan fingerprint density at radius 1 is 0.800 bits per heavy atom. The smallest absolute Gasteiger partial charge is 0.232 e. The lowest BCUT2D eigenvalue weighted by molar-refractivity contribution is -0.118. The number of carbonyl (C=O) groups excluding carboxylic acids is 2. The summed E-state index contributed by atoms with van der Waals surface area (Å²) in [5.41, 5.74) is 12.5. The van der Waals surface area contributed by atoms with E-state index in [0.29, 0.717) is 29.8 Å². The van der Waals surface area contributed by atoms with Gasteiger partial charge in [-0.3, -0.25) is 9.59 Å². The van der Waals surface area contributed by atoms with Crippen molar-refractivity contribution in [3.8, 4) is 22.3 Å². The average molecular weight is 860 g/mol. The van der Waals surface area contributed by atoms with Gasteiger partial charge in [-0.05, 0) is 120 Å². The fraction of sp³-hybridized carbons (Fsp3) is 0.319. The number of aryl methyl sites for hydroxylation is 2. The molecule has 2 fully saturated rings. The number of anilines is 2. The zero-order valence-electron chi connectivity index (χ0n) is 34.3. The van der Waals surface area contributed by atoms with Gasteiger partial charge in [0.15, 0.2) is 10.3 Å². The lowest BCUT2D eigenvalue weighted by Crippen LogP contribution is -2.21. The average Bonchev–Trinajstić information content (AvgIpc) is 3.76. The quantitative estimate of drug-likeness (QED) is 0.0997. The highest BCUT2D eigenvalue weighted by Crippen LogP contribution is 2.40. The summed E-state index contributed by atoms with van der Waals surface area (Å²) in [6.45, 7) is 12.7. The van der Waals surface area contributed by atoms with Crippen molar-refractivity contribution in [2.45, 2.75) is 77.9 Å². The number of hydrogen-bond donors (Lipinski definition) is 2. The molecule has 4 aromatic carbocycles. The highest BCUT2D eigenvalue weighted by atomic mass is 32.1. The number of thiazole rings is 2. The number of amides is 2. The van der Waals surface area contributed by atoms with Gasteiger partial charge in [0.1, 0.15) is 19.1 Å². The number of fused-ring (bicyclic) bond motifs is 4. The molecule has 8 nitrogen and oxygen atoms in total. The van der Waals surface area contributed by atoms with Crippen LogP contribution in [0, 0.1) is 25.7 Å². The minimum atomic E-state index is -1.11. The van der Waals surface area contributed by atoms with Crippen LogP contribution in [0.1, 0.15) is 35.1 Å². The van der Waals surface area contributed by atoms with Crippen LogP contribution in [0.5, 0.6) is 0 Å². The molecular formula is C47H47F2N5O3S2Si. The third-order valence-electron chi connectivity index (χ3n) is 11.5. The highest BCUT2D eigenvalue weighted by Gasteiger charge is 2.44. The van der Waals surface area contributed by atoms with Crippen LogP contribution in [0.2, 0.25) is 25.7 Å². The Morgan fingerprint density at radius 3 is 1.95 bits per heavy atom. The number of nitrogens with one attached hydrogen (secondary N) is 2. The molecule has 10 rings (SSSR count). The maximum atomic E-state index is 13.2. The Balaban J connectivity index is 0.000000159. The number of rotatable bonds is 11. The molecule has 3 aromatic heterocycles. The molecule has 0 unspecified atom stereocenters. The van der Waals surface area contributed by atoms with Gasteiger partial charge >= 0.3 is 0 Å². The van der Waals surface area contributed by atoms with Gasteiger partial charge in [0.2, 0.25) is 11.8 Å². The predicted octanol–water partition coefficient (Wildman–Crippen LogP) is 12.0. The van der Waals surface area contributed by atoms with E-state index in [1.807, 2.05) is 12.1 Å². The molecule has 2 saturated carbocycles. The number of allylic oxidation sites excluding steroid dienone is 1. The zero-order valence-corrected chi connectivity index (χ0v) is 36.9. The first-order chi connectivity index (χ1) is 28.8. The van der Waals surface area contributed by atoms with Crippen LogP contribution in [0.25, 0.3) is 59.7 Å². The first-order valence-electron chi connectivity index (χ1n) is 20.5. The van der Waals surface area contributed by atoms with Crippen LogP contribution in [0.3, 0.4) is 0 Å². The molecule has 3 aliphatic rings. The van der Waals surface area contributed by atoms with Gasteiger partial charge in [0.05, 0.1) is 37.8 Å². The Labute approximate surface area is 356 Å². The molecule has 3 heterocycles. The van der Waals surface area contributed by atoms with E-state index in [0.717, 1.165) is 56.1 Å². The van der Waals surface area contributed by atoms with Gasteiger partial charge in [-0.1, -0.05) is 84.8 Å². The molecule has 4 atom stereocenters.